The van der Waals surface area contributed by atoms with Crippen LogP contribution >= 0.6 is 0 Å². The van der Waals surface area contributed by atoms with Gasteiger partial charge in [-0.15, -0.1) is 0 Å². The quantitative estimate of drug-likeness (QED) is 0.761. The molecule has 0 aliphatic carbocycles. The average Bonchev–Trinajstić information content (AvgIpc) is 2.74. The molecular formula is C10H15N3O2. The zero-order valence-electron chi connectivity index (χ0n) is 8.77. The highest BCUT2D eigenvalue weighted by atomic mass is 16.5. The van der Waals surface area contributed by atoms with Crippen molar-refractivity contribution in [1.29, 1.82) is 0 Å². The fourth-order valence-electron chi connectivity index (χ4n) is 1.64. The molecule has 1 aromatic rings. The lowest BCUT2D eigenvalue weighted by molar-refractivity contribution is 0.209. The molecule has 82 valence electrons. The molecule has 1 atom stereocenters. The monoisotopic (exact) mass is 209 g/mol. The molecule has 0 bridgehead atoms. The minimum absolute atomic E-state index is 0.0814. The molecule has 2 heterocycles. The van der Waals surface area contributed by atoms with Crippen molar-refractivity contribution in [1.82, 2.24) is 14.9 Å². The largest absolute Gasteiger partial charge is 0.469 e. The summed E-state index contributed by atoms with van der Waals surface area (Å²) in [5.74, 6) is 0.216. The minimum Gasteiger partial charge on any atom is -0.469 e. The van der Waals surface area contributed by atoms with Crippen LogP contribution in [0.5, 0.6) is 5.88 Å². The van der Waals surface area contributed by atoms with Gasteiger partial charge < -0.3 is 14.6 Å². The molecule has 0 radical (unpaired) electrons. The lowest BCUT2D eigenvalue weighted by atomic mass is 10.3. The lowest BCUT2D eigenvalue weighted by Crippen LogP contribution is -2.27. The highest BCUT2D eigenvalue weighted by Crippen LogP contribution is 2.06. The van der Waals surface area contributed by atoms with E-state index in [1.54, 1.807) is 17.0 Å². The topological polar surface area (TPSA) is 56.1 Å². The van der Waals surface area contributed by atoms with Gasteiger partial charge in [-0.3, -0.25) is 4.79 Å². The summed E-state index contributed by atoms with van der Waals surface area (Å²) in [5, 5.41) is 3.18. The van der Waals surface area contributed by atoms with E-state index in [4.69, 9.17) is 4.74 Å². The summed E-state index contributed by atoms with van der Waals surface area (Å²) >= 11 is 0. The summed E-state index contributed by atoms with van der Waals surface area (Å²) < 4.78 is 7.13. The van der Waals surface area contributed by atoms with E-state index in [9.17, 15) is 4.79 Å². The van der Waals surface area contributed by atoms with Crippen molar-refractivity contribution >= 4 is 0 Å². The van der Waals surface area contributed by atoms with Gasteiger partial charge in [0.1, 0.15) is 6.10 Å². The van der Waals surface area contributed by atoms with Crippen LogP contribution in [0.15, 0.2) is 17.2 Å². The number of nitrogens with one attached hydrogen (secondary N) is 1. The fraction of sp³-hybridized carbons (Fsp3) is 0.600. The second kappa shape index (κ2) is 4.44. The lowest BCUT2D eigenvalue weighted by Gasteiger charge is -2.11. The summed E-state index contributed by atoms with van der Waals surface area (Å²) in [4.78, 5) is 15.7. The van der Waals surface area contributed by atoms with E-state index in [0.717, 1.165) is 19.5 Å². The highest BCUT2D eigenvalue weighted by Gasteiger charge is 2.18. The van der Waals surface area contributed by atoms with Crippen LogP contribution < -0.4 is 15.6 Å². The molecule has 1 aliphatic heterocycles. The van der Waals surface area contributed by atoms with Gasteiger partial charge in [0, 0.05) is 25.5 Å². The molecule has 1 saturated heterocycles. The van der Waals surface area contributed by atoms with Gasteiger partial charge in [0.2, 0.25) is 0 Å². The maximum atomic E-state index is 11.7. The van der Waals surface area contributed by atoms with Gasteiger partial charge in [-0.1, -0.05) is 0 Å². The Morgan fingerprint density at radius 2 is 2.60 bits per heavy atom. The molecule has 1 aliphatic rings. The summed E-state index contributed by atoms with van der Waals surface area (Å²) in [6, 6.07) is 0. The maximum absolute atomic E-state index is 11.7. The van der Waals surface area contributed by atoms with E-state index in [-0.39, 0.29) is 17.5 Å². The first kappa shape index (κ1) is 10.2. The van der Waals surface area contributed by atoms with Crippen molar-refractivity contribution in [3.63, 3.8) is 0 Å². The van der Waals surface area contributed by atoms with E-state index in [1.807, 2.05) is 6.92 Å². The average molecular weight is 209 g/mol. The fourth-order valence-corrected chi connectivity index (χ4v) is 1.64. The van der Waals surface area contributed by atoms with E-state index in [1.165, 1.54) is 0 Å². The summed E-state index contributed by atoms with van der Waals surface area (Å²) in [6.07, 6.45) is 4.28. The van der Waals surface area contributed by atoms with Gasteiger partial charge in [-0.2, -0.15) is 0 Å². The van der Waals surface area contributed by atoms with E-state index in [0.29, 0.717) is 6.54 Å². The summed E-state index contributed by atoms with van der Waals surface area (Å²) in [6.45, 7) is 4.30. The van der Waals surface area contributed by atoms with Crippen LogP contribution in [-0.2, 0) is 6.54 Å². The number of rotatable bonds is 3. The standard InChI is InChI=1S/C10H15N3O2/c1-2-13-6-5-12-9(10(13)14)15-8-3-4-11-7-8/h5-6,8,11H,2-4,7H2,1H3. The van der Waals surface area contributed by atoms with Crippen LogP contribution in [0, 0.1) is 0 Å². The second-order valence-corrected chi connectivity index (χ2v) is 3.56. The van der Waals surface area contributed by atoms with Crippen LogP contribution in [0.1, 0.15) is 13.3 Å². The number of hydrogen-bond donors (Lipinski definition) is 1. The highest BCUT2D eigenvalue weighted by molar-refractivity contribution is 5.05. The zero-order chi connectivity index (χ0) is 10.7. The van der Waals surface area contributed by atoms with Crippen LogP contribution in [-0.4, -0.2) is 28.7 Å². The summed E-state index contributed by atoms with van der Waals surface area (Å²) in [7, 11) is 0. The van der Waals surface area contributed by atoms with E-state index in [2.05, 4.69) is 10.3 Å². The van der Waals surface area contributed by atoms with Gasteiger partial charge in [0.05, 0.1) is 0 Å². The molecular weight excluding hydrogens is 194 g/mol. The normalized spacial score (nSPS) is 20.5. The Kier molecular flexibility index (Phi) is 3.01. The second-order valence-electron chi connectivity index (χ2n) is 3.56. The van der Waals surface area contributed by atoms with Crippen molar-refractivity contribution in [3.05, 3.63) is 22.7 Å². The molecule has 5 nitrogen and oxygen atoms in total. The zero-order valence-corrected chi connectivity index (χ0v) is 8.77. The number of aromatic nitrogens is 2. The molecule has 5 heteroatoms. The van der Waals surface area contributed by atoms with E-state index < -0.39 is 0 Å². The third-order valence-corrected chi connectivity index (χ3v) is 2.52. The van der Waals surface area contributed by atoms with Crippen molar-refractivity contribution in [2.75, 3.05) is 13.1 Å². The minimum atomic E-state index is -0.146. The molecule has 1 aromatic heterocycles. The van der Waals surface area contributed by atoms with Crippen molar-refractivity contribution in [2.24, 2.45) is 0 Å². The number of ether oxygens (including phenoxy) is 1. The predicted molar refractivity (Wildman–Crippen MR) is 56.1 cm³/mol. The first-order chi connectivity index (χ1) is 7.31. The molecule has 15 heavy (non-hydrogen) atoms. The van der Waals surface area contributed by atoms with Crippen LogP contribution in [0.25, 0.3) is 0 Å². The Bertz CT molecular complexity index is 382. The predicted octanol–water partition coefficient (Wildman–Crippen LogP) is 0.00390. The van der Waals surface area contributed by atoms with Gasteiger partial charge >= 0.3 is 5.56 Å². The Morgan fingerprint density at radius 1 is 1.73 bits per heavy atom. The molecule has 1 fully saturated rings. The van der Waals surface area contributed by atoms with Gasteiger partial charge in [0.15, 0.2) is 0 Å². The third kappa shape index (κ3) is 2.18. The summed E-state index contributed by atoms with van der Waals surface area (Å²) in [5.41, 5.74) is -0.146. The molecule has 0 amide bonds. The first-order valence-electron chi connectivity index (χ1n) is 5.24. The third-order valence-electron chi connectivity index (χ3n) is 2.52. The van der Waals surface area contributed by atoms with E-state index >= 15 is 0 Å². The Hall–Kier alpha value is -1.36. The molecule has 1 N–H and O–H groups in total. The number of aryl methyl sites for hydroxylation is 1. The number of hydrogen-bond acceptors (Lipinski definition) is 4. The van der Waals surface area contributed by atoms with Crippen molar-refractivity contribution in [3.8, 4) is 5.88 Å². The Morgan fingerprint density at radius 3 is 3.27 bits per heavy atom. The SMILES string of the molecule is CCn1ccnc(OC2CCNC2)c1=O. The first-order valence-corrected chi connectivity index (χ1v) is 5.24. The Balaban J connectivity index is 2.17. The molecule has 1 unspecified atom stereocenters. The van der Waals surface area contributed by atoms with Gasteiger partial charge in [0.25, 0.3) is 5.88 Å². The Labute approximate surface area is 88.1 Å². The van der Waals surface area contributed by atoms with Crippen LogP contribution in [0.4, 0.5) is 0 Å². The van der Waals surface area contributed by atoms with Crippen LogP contribution in [0.3, 0.4) is 0 Å². The van der Waals surface area contributed by atoms with Crippen molar-refractivity contribution in [2.45, 2.75) is 26.0 Å². The molecule has 0 spiro atoms. The number of nitrogens with zero attached hydrogens (tertiary/aromatic N) is 2. The molecule has 2 rings (SSSR count). The van der Waals surface area contributed by atoms with Crippen molar-refractivity contribution < 1.29 is 4.74 Å². The molecule has 0 saturated carbocycles. The maximum Gasteiger partial charge on any atom is 0.313 e. The van der Waals surface area contributed by atoms with Gasteiger partial charge in [-0.25, -0.2) is 4.98 Å². The van der Waals surface area contributed by atoms with Crippen LogP contribution in [0.2, 0.25) is 0 Å². The van der Waals surface area contributed by atoms with Gasteiger partial charge in [-0.05, 0) is 19.9 Å². The smallest absolute Gasteiger partial charge is 0.313 e. The molecule has 0 aromatic carbocycles.